The Labute approximate surface area is 201 Å². The molecule has 3 saturated heterocycles. The number of nitro groups is 1. The van der Waals surface area contributed by atoms with E-state index in [1.165, 1.54) is 25.3 Å². The van der Waals surface area contributed by atoms with Gasteiger partial charge in [-0.2, -0.15) is 0 Å². The van der Waals surface area contributed by atoms with Gasteiger partial charge in [0.1, 0.15) is 17.0 Å². The highest BCUT2D eigenvalue weighted by Crippen LogP contribution is 2.61. The van der Waals surface area contributed by atoms with Gasteiger partial charge >= 0.3 is 0 Å². The Kier molecular flexibility index (Phi) is 4.56. The first kappa shape index (κ1) is 21.7. The number of nitrogens with one attached hydrogen (secondary N) is 1. The first-order valence-electron chi connectivity index (χ1n) is 11.8. The summed E-state index contributed by atoms with van der Waals surface area (Å²) in [6.45, 7) is 2.62. The number of fused-ring (bicyclic) bond motifs is 7. The third kappa shape index (κ3) is 2.54. The van der Waals surface area contributed by atoms with Crippen LogP contribution < -0.4 is 15.0 Å². The molecule has 0 aromatic heterocycles. The van der Waals surface area contributed by atoms with Crippen LogP contribution in [0, 0.1) is 22.0 Å². The Morgan fingerprint density at radius 3 is 2.71 bits per heavy atom. The number of benzene rings is 2. The molecule has 4 atom stereocenters. The summed E-state index contributed by atoms with van der Waals surface area (Å²) < 4.78 is 5.36. The van der Waals surface area contributed by atoms with Gasteiger partial charge in [0.15, 0.2) is 0 Å². The van der Waals surface area contributed by atoms with Crippen molar-refractivity contribution >= 4 is 34.8 Å². The van der Waals surface area contributed by atoms with Crippen molar-refractivity contribution in [2.75, 3.05) is 23.9 Å². The van der Waals surface area contributed by atoms with E-state index >= 15 is 0 Å². The lowest BCUT2D eigenvalue weighted by molar-refractivity contribution is -0.384. The Morgan fingerprint density at radius 2 is 2.00 bits per heavy atom. The highest BCUT2D eigenvalue weighted by molar-refractivity contribution is 6.26. The molecule has 0 bridgehead atoms. The van der Waals surface area contributed by atoms with Crippen LogP contribution in [-0.2, 0) is 26.3 Å². The summed E-state index contributed by atoms with van der Waals surface area (Å²) >= 11 is 0. The molecule has 4 aliphatic rings. The highest BCUT2D eigenvalue weighted by atomic mass is 16.6. The minimum Gasteiger partial charge on any atom is -0.495 e. The molecule has 6 rings (SSSR count). The minimum absolute atomic E-state index is 0.0340. The fraction of sp³-hybridized carbons (Fsp3) is 0.400. The Hall–Kier alpha value is -3.79. The zero-order chi connectivity index (χ0) is 24.6. The van der Waals surface area contributed by atoms with Gasteiger partial charge in [0.05, 0.1) is 23.9 Å². The molecule has 10 heteroatoms. The monoisotopic (exact) mass is 476 g/mol. The number of para-hydroxylation sites is 1. The maximum absolute atomic E-state index is 14.1. The van der Waals surface area contributed by atoms with E-state index in [-0.39, 0.29) is 29.1 Å². The quantitative estimate of drug-likeness (QED) is 0.409. The molecule has 3 amide bonds. The van der Waals surface area contributed by atoms with Crippen LogP contribution in [0.25, 0.3) is 0 Å². The van der Waals surface area contributed by atoms with Crippen molar-refractivity contribution in [3.8, 4) is 5.75 Å². The number of aryl methyl sites for hydroxylation is 1. The van der Waals surface area contributed by atoms with Gasteiger partial charge < -0.3 is 10.1 Å². The number of anilines is 2. The molecule has 3 fully saturated rings. The molecular weight excluding hydrogens is 452 g/mol. The number of hydrogen-bond donors (Lipinski definition) is 1. The molecule has 35 heavy (non-hydrogen) atoms. The van der Waals surface area contributed by atoms with E-state index in [1.54, 1.807) is 0 Å². The van der Waals surface area contributed by atoms with E-state index in [1.807, 2.05) is 25.1 Å². The number of methoxy groups -OCH3 is 1. The lowest BCUT2D eigenvalue weighted by Gasteiger charge is -2.36. The fourth-order valence-electron chi connectivity index (χ4n) is 6.79. The summed E-state index contributed by atoms with van der Waals surface area (Å²) in [5.74, 6) is -2.74. The van der Waals surface area contributed by atoms with E-state index in [9.17, 15) is 24.5 Å². The maximum atomic E-state index is 14.1. The van der Waals surface area contributed by atoms with Crippen LogP contribution in [-0.4, -0.2) is 47.2 Å². The molecule has 2 aromatic rings. The minimum atomic E-state index is -1.29. The molecule has 0 radical (unpaired) electrons. The van der Waals surface area contributed by atoms with Crippen LogP contribution in [0.5, 0.6) is 5.75 Å². The van der Waals surface area contributed by atoms with Crippen LogP contribution in [0.1, 0.15) is 30.9 Å². The number of hydrogen-bond acceptors (Lipinski definition) is 7. The second kappa shape index (κ2) is 7.35. The molecule has 0 saturated carbocycles. The zero-order valence-electron chi connectivity index (χ0n) is 19.3. The number of carbonyl (C=O) groups is 3. The third-order valence-corrected chi connectivity index (χ3v) is 8.11. The smallest absolute Gasteiger partial charge is 0.271 e. The number of rotatable bonds is 4. The lowest BCUT2D eigenvalue weighted by Crippen LogP contribution is -2.54. The van der Waals surface area contributed by atoms with E-state index in [4.69, 9.17) is 4.74 Å². The molecule has 1 spiro atoms. The molecule has 0 aliphatic carbocycles. The Bertz CT molecular complexity index is 1330. The van der Waals surface area contributed by atoms with Gasteiger partial charge in [-0.25, -0.2) is 4.90 Å². The van der Waals surface area contributed by atoms with Crippen molar-refractivity contribution in [1.82, 2.24) is 4.90 Å². The molecule has 2 aromatic carbocycles. The van der Waals surface area contributed by atoms with Crippen LogP contribution in [0.3, 0.4) is 0 Å². The number of non-ortho nitro benzene ring substituents is 1. The van der Waals surface area contributed by atoms with Crippen LogP contribution in [0.15, 0.2) is 36.4 Å². The SMILES string of the molecule is CCc1cccc2c1NC(=O)[C@@]21[C@H]2C(=O)N(c3cc([N+](=O)[O-])ccc3OC)C(=O)[C@@H]2[C@H]2CCCN21. The van der Waals surface area contributed by atoms with Crippen LogP contribution in [0.2, 0.25) is 0 Å². The number of nitro benzene ring substituents is 1. The number of nitrogens with zero attached hydrogens (tertiary/aromatic N) is 3. The normalized spacial score (nSPS) is 28.9. The number of carbonyl (C=O) groups excluding carboxylic acids is 3. The second-order valence-corrected chi connectivity index (χ2v) is 9.45. The van der Waals surface area contributed by atoms with Gasteiger partial charge in [-0.15, -0.1) is 0 Å². The lowest BCUT2D eigenvalue weighted by atomic mass is 9.75. The van der Waals surface area contributed by atoms with Gasteiger partial charge in [0.2, 0.25) is 17.7 Å². The Morgan fingerprint density at radius 1 is 1.20 bits per heavy atom. The van der Waals surface area contributed by atoms with Crippen molar-refractivity contribution in [3.63, 3.8) is 0 Å². The molecule has 1 N–H and O–H groups in total. The summed E-state index contributed by atoms with van der Waals surface area (Å²) in [6.07, 6.45) is 2.21. The van der Waals surface area contributed by atoms with Crippen molar-refractivity contribution in [1.29, 1.82) is 0 Å². The van der Waals surface area contributed by atoms with Crippen molar-refractivity contribution in [3.05, 3.63) is 57.6 Å². The molecule has 0 unspecified atom stereocenters. The fourth-order valence-corrected chi connectivity index (χ4v) is 6.79. The largest absolute Gasteiger partial charge is 0.495 e. The van der Waals surface area contributed by atoms with Crippen molar-refractivity contribution in [2.45, 2.75) is 37.8 Å². The van der Waals surface area contributed by atoms with Gasteiger partial charge in [-0.3, -0.25) is 29.4 Å². The summed E-state index contributed by atoms with van der Waals surface area (Å²) in [5.41, 5.74) is 0.912. The molecular formula is C25H24N4O6. The van der Waals surface area contributed by atoms with Crippen LogP contribution >= 0.6 is 0 Å². The standard InChI is InChI=1S/C25H24N4O6/c1-3-13-6-4-7-15-21(13)26-24(32)25(15)20-19(16-8-5-11-27(16)25)22(30)28(23(20)31)17-12-14(29(33)34)9-10-18(17)35-2/h4,6-7,9-10,12,16,19-20H,3,5,8,11H2,1-2H3,(H,26,32)/t16-,19-,20-,25+/m1/s1. The summed E-state index contributed by atoms with van der Waals surface area (Å²) in [4.78, 5) is 55.8. The summed E-state index contributed by atoms with van der Waals surface area (Å²) in [6, 6.07) is 9.28. The predicted octanol–water partition coefficient (Wildman–Crippen LogP) is 2.60. The zero-order valence-corrected chi connectivity index (χ0v) is 19.3. The highest BCUT2D eigenvalue weighted by Gasteiger charge is 2.74. The van der Waals surface area contributed by atoms with E-state index in [0.717, 1.165) is 28.1 Å². The van der Waals surface area contributed by atoms with Gasteiger partial charge in [0.25, 0.3) is 5.69 Å². The topological polar surface area (TPSA) is 122 Å². The molecule has 10 nitrogen and oxygen atoms in total. The number of amides is 3. The predicted molar refractivity (Wildman–Crippen MR) is 125 cm³/mol. The van der Waals surface area contributed by atoms with Crippen molar-refractivity contribution in [2.24, 2.45) is 11.8 Å². The molecule has 4 heterocycles. The summed E-state index contributed by atoms with van der Waals surface area (Å²) in [7, 11) is 1.38. The van der Waals surface area contributed by atoms with Gasteiger partial charge in [-0.1, -0.05) is 25.1 Å². The van der Waals surface area contributed by atoms with Gasteiger partial charge in [-0.05, 0) is 37.4 Å². The first-order valence-corrected chi connectivity index (χ1v) is 11.8. The van der Waals surface area contributed by atoms with E-state index in [2.05, 4.69) is 10.2 Å². The average molecular weight is 476 g/mol. The van der Waals surface area contributed by atoms with Crippen molar-refractivity contribution < 1.29 is 24.0 Å². The number of imide groups is 1. The van der Waals surface area contributed by atoms with E-state index in [0.29, 0.717) is 19.4 Å². The summed E-state index contributed by atoms with van der Waals surface area (Å²) in [5, 5.41) is 14.5. The second-order valence-electron chi connectivity index (χ2n) is 9.45. The van der Waals surface area contributed by atoms with Gasteiger partial charge in [0, 0.05) is 29.4 Å². The van der Waals surface area contributed by atoms with E-state index < -0.39 is 34.1 Å². The van der Waals surface area contributed by atoms with Crippen LogP contribution in [0.4, 0.5) is 17.1 Å². The Balaban J connectivity index is 1.55. The maximum Gasteiger partial charge on any atom is 0.271 e. The molecule has 180 valence electrons. The first-order chi connectivity index (χ1) is 16.9. The third-order valence-electron chi connectivity index (χ3n) is 8.11. The average Bonchev–Trinajstić information content (AvgIpc) is 3.56. The number of ether oxygens (including phenoxy) is 1. The molecule has 4 aliphatic heterocycles.